The Morgan fingerprint density at radius 1 is 0.923 bits per heavy atom. The molecule has 0 radical (unpaired) electrons. The highest BCUT2D eigenvalue weighted by atomic mass is 16.7. The summed E-state index contributed by atoms with van der Waals surface area (Å²) in [5.74, 6) is 1.79. The predicted octanol–water partition coefficient (Wildman–Crippen LogP) is 4.69. The van der Waals surface area contributed by atoms with E-state index in [1.165, 1.54) is 32.1 Å². The Kier molecular flexibility index (Phi) is 3.65. The van der Waals surface area contributed by atoms with Gasteiger partial charge in [0.1, 0.15) is 0 Å². The van der Waals surface area contributed by atoms with E-state index in [2.05, 4.69) is 33.8 Å². The lowest BCUT2D eigenvalue weighted by Gasteiger charge is -2.62. The Morgan fingerprint density at radius 2 is 1.65 bits per heavy atom. The Balaban J connectivity index is 1.53. The molecule has 4 fully saturated rings. The van der Waals surface area contributed by atoms with E-state index in [4.69, 9.17) is 9.47 Å². The third-order valence-electron chi connectivity index (χ3n) is 9.77. The molecule has 0 aromatic heterocycles. The number of hydrogen-bond donors (Lipinski definition) is 1. The van der Waals surface area contributed by atoms with Gasteiger partial charge in [0.05, 0.1) is 19.3 Å². The number of rotatable bonds is 0. The van der Waals surface area contributed by atoms with Crippen molar-refractivity contribution in [3.8, 4) is 0 Å². The monoisotopic (exact) mass is 360 g/mol. The summed E-state index contributed by atoms with van der Waals surface area (Å²) in [6, 6.07) is 0. The summed E-state index contributed by atoms with van der Waals surface area (Å²) in [5, 5.41) is 10.6. The number of allylic oxidation sites excluding steroid dienone is 1. The van der Waals surface area contributed by atoms with Gasteiger partial charge in [0.2, 0.25) is 0 Å². The summed E-state index contributed by atoms with van der Waals surface area (Å²) in [4.78, 5) is 0. The fourth-order valence-corrected chi connectivity index (χ4v) is 8.26. The van der Waals surface area contributed by atoms with Gasteiger partial charge in [-0.15, -0.1) is 0 Å². The van der Waals surface area contributed by atoms with Crippen molar-refractivity contribution in [3.63, 3.8) is 0 Å². The molecular formula is C23H36O3. The molecule has 5 rings (SSSR count). The van der Waals surface area contributed by atoms with Gasteiger partial charge in [-0.2, -0.15) is 0 Å². The third kappa shape index (κ3) is 1.96. The van der Waals surface area contributed by atoms with E-state index < -0.39 is 5.79 Å². The van der Waals surface area contributed by atoms with Crippen molar-refractivity contribution in [1.82, 2.24) is 0 Å². The van der Waals surface area contributed by atoms with Crippen molar-refractivity contribution in [2.24, 2.45) is 34.0 Å². The molecule has 3 nitrogen and oxygen atoms in total. The van der Waals surface area contributed by atoms with Gasteiger partial charge in [-0.25, -0.2) is 0 Å². The minimum atomic E-state index is -0.405. The van der Waals surface area contributed by atoms with Crippen molar-refractivity contribution in [3.05, 3.63) is 11.6 Å². The summed E-state index contributed by atoms with van der Waals surface area (Å²) in [6.45, 7) is 11.1. The van der Waals surface area contributed by atoms with E-state index in [0.717, 1.165) is 37.9 Å². The average Bonchev–Trinajstić information content (AvgIpc) is 3.19. The second-order valence-corrected chi connectivity index (χ2v) is 10.9. The van der Waals surface area contributed by atoms with Crippen LogP contribution in [-0.4, -0.2) is 30.2 Å². The third-order valence-corrected chi connectivity index (χ3v) is 9.77. The normalized spacial score (nSPS) is 51.5. The number of aliphatic hydroxyl groups excluding tert-OH is 1. The van der Waals surface area contributed by atoms with Gasteiger partial charge in [0.15, 0.2) is 5.79 Å². The fraction of sp³-hybridized carbons (Fsp3) is 0.913. The predicted molar refractivity (Wildman–Crippen MR) is 102 cm³/mol. The van der Waals surface area contributed by atoms with Crippen LogP contribution in [-0.2, 0) is 9.47 Å². The van der Waals surface area contributed by atoms with Crippen LogP contribution in [0, 0.1) is 34.0 Å². The maximum atomic E-state index is 10.6. The number of aliphatic hydroxyl groups is 1. The van der Waals surface area contributed by atoms with Crippen LogP contribution in [0.1, 0.15) is 72.6 Å². The lowest BCUT2D eigenvalue weighted by atomic mass is 9.44. The molecule has 0 bridgehead atoms. The van der Waals surface area contributed by atoms with Gasteiger partial charge >= 0.3 is 0 Å². The molecule has 0 amide bonds. The van der Waals surface area contributed by atoms with Gasteiger partial charge in [-0.1, -0.05) is 39.3 Å². The van der Waals surface area contributed by atoms with Crippen LogP contribution in [0.25, 0.3) is 0 Å². The van der Waals surface area contributed by atoms with Gasteiger partial charge in [0.25, 0.3) is 0 Å². The Labute approximate surface area is 158 Å². The van der Waals surface area contributed by atoms with Crippen molar-refractivity contribution < 1.29 is 14.6 Å². The lowest BCUT2D eigenvalue weighted by molar-refractivity contribution is -0.246. The van der Waals surface area contributed by atoms with Gasteiger partial charge < -0.3 is 14.6 Å². The lowest BCUT2D eigenvalue weighted by Crippen LogP contribution is -2.59. The minimum absolute atomic E-state index is 0.0581. The zero-order valence-corrected chi connectivity index (χ0v) is 17.0. The van der Waals surface area contributed by atoms with Gasteiger partial charge in [0, 0.05) is 11.8 Å². The highest BCUT2D eigenvalue weighted by Gasteiger charge is 2.65. The van der Waals surface area contributed by atoms with Gasteiger partial charge in [-0.05, 0) is 67.1 Å². The van der Waals surface area contributed by atoms with E-state index in [1.54, 1.807) is 5.57 Å². The maximum Gasteiger partial charge on any atom is 0.177 e. The van der Waals surface area contributed by atoms with Crippen LogP contribution >= 0.6 is 0 Å². The highest BCUT2D eigenvalue weighted by molar-refractivity contribution is 5.33. The first kappa shape index (κ1) is 17.7. The number of hydrogen-bond acceptors (Lipinski definition) is 3. The summed E-state index contributed by atoms with van der Waals surface area (Å²) in [6.07, 6.45) is 10.6. The molecule has 3 heteroatoms. The molecule has 1 heterocycles. The van der Waals surface area contributed by atoms with E-state index in [9.17, 15) is 5.11 Å². The van der Waals surface area contributed by atoms with Crippen molar-refractivity contribution in [1.29, 1.82) is 0 Å². The van der Waals surface area contributed by atoms with Crippen LogP contribution in [0.2, 0.25) is 0 Å². The van der Waals surface area contributed by atoms with Crippen LogP contribution < -0.4 is 0 Å². The molecule has 1 spiro atoms. The molecule has 0 aromatic carbocycles. The zero-order valence-electron chi connectivity index (χ0n) is 17.0. The molecule has 3 saturated carbocycles. The number of ether oxygens (including phenoxy) is 2. The topological polar surface area (TPSA) is 38.7 Å². The molecule has 1 saturated heterocycles. The van der Waals surface area contributed by atoms with E-state index >= 15 is 0 Å². The first-order valence-corrected chi connectivity index (χ1v) is 10.9. The Morgan fingerprint density at radius 3 is 2.38 bits per heavy atom. The van der Waals surface area contributed by atoms with E-state index in [-0.39, 0.29) is 22.3 Å². The molecule has 6 atom stereocenters. The summed E-state index contributed by atoms with van der Waals surface area (Å²) < 4.78 is 12.5. The van der Waals surface area contributed by atoms with Crippen molar-refractivity contribution in [2.75, 3.05) is 13.2 Å². The first-order chi connectivity index (χ1) is 12.2. The van der Waals surface area contributed by atoms with E-state index in [0.29, 0.717) is 5.92 Å². The smallest absolute Gasteiger partial charge is 0.177 e. The van der Waals surface area contributed by atoms with Crippen LogP contribution in [0.3, 0.4) is 0 Å². The molecule has 5 aliphatic rings. The van der Waals surface area contributed by atoms with Gasteiger partial charge in [-0.3, -0.25) is 0 Å². The fourth-order valence-electron chi connectivity index (χ4n) is 8.26. The Bertz CT molecular complexity index is 631. The molecule has 1 N–H and O–H groups in total. The second kappa shape index (κ2) is 5.36. The molecule has 6 unspecified atom stereocenters. The second-order valence-electron chi connectivity index (χ2n) is 10.9. The summed E-state index contributed by atoms with van der Waals surface area (Å²) in [7, 11) is 0. The molecule has 0 aromatic rings. The SMILES string of the molecule is CC12CCC3(OCCO3)C(C)(C)C1=CCC1C2CCC2(C)C(O)CCC12. The van der Waals surface area contributed by atoms with E-state index in [1.807, 2.05) is 0 Å². The molecule has 26 heavy (non-hydrogen) atoms. The number of fused-ring (bicyclic) bond motifs is 5. The maximum absolute atomic E-state index is 10.6. The summed E-state index contributed by atoms with van der Waals surface area (Å²) >= 11 is 0. The standard InChI is InChI=1S/C23H36O3/c1-20(2)18-7-5-15-16-6-8-19(24)22(16,4)10-9-17(15)21(18,3)11-12-23(20)25-13-14-26-23/h7,15-17,19,24H,5-6,8-14H2,1-4H3. The summed E-state index contributed by atoms with van der Waals surface area (Å²) in [5.41, 5.74) is 1.96. The molecule has 146 valence electrons. The molecule has 4 aliphatic carbocycles. The highest BCUT2D eigenvalue weighted by Crippen LogP contribution is 2.69. The van der Waals surface area contributed by atoms with Crippen molar-refractivity contribution >= 4 is 0 Å². The molecule has 1 aliphatic heterocycles. The molecular weight excluding hydrogens is 324 g/mol. The minimum Gasteiger partial charge on any atom is -0.393 e. The first-order valence-electron chi connectivity index (χ1n) is 10.9. The van der Waals surface area contributed by atoms with Crippen LogP contribution in [0.5, 0.6) is 0 Å². The zero-order chi connectivity index (χ0) is 18.4. The quantitative estimate of drug-likeness (QED) is 0.637. The average molecular weight is 361 g/mol. The Hall–Kier alpha value is -0.380. The van der Waals surface area contributed by atoms with Crippen LogP contribution in [0.4, 0.5) is 0 Å². The van der Waals surface area contributed by atoms with Crippen LogP contribution in [0.15, 0.2) is 11.6 Å². The largest absolute Gasteiger partial charge is 0.393 e. The van der Waals surface area contributed by atoms with Crippen molar-refractivity contribution in [2.45, 2.75) is 84.5 Å².